The number of amides is 1. The van der Waals surface area contributed by atoms with E-state index in [9.17, 15) is 4.79 Å². The Kier molecular flexibility index (Phi) is 4.80. The molecule has 19 heavy (non-hydrogen) atoms. The van der Waals surface area contributed by atoms with E-state index in [4.69, 9.17) is 4.74 Å². The fraction of sp³-hybridized carbons (Fsp3) is 0.533. The molecule has 0 aliphatic carbocycles. The number of para-hydroxylation sites is 1. The van der Waals surface area contributed by atoms with Gasteiger partial charge >= 0.3 is 0 Å². The molecule has 4 heteroatoms. The molecule has 104 valence electrons. The number of ether oxygens (including phenoxy) is 1. The second kappa shape index (κ2) is 6.57. The van der Waals surface area contributed by atoms with Crippen LogP contribution >= 0.6 is 0 Å². The lowest BCUT2D eigenvalue weighted by atomic mass is 10.1. The number of hydrogen-bond acceptors (Lipinski definition) is 3. The lowest BCUT2D eigenvalue weighted by Gasteiger charge is -2.34. The van der Waals surface area contributed by atoms with Crippen molar-refractivity contribution >= 4 is 5.91 Å². The highest BCUT2D eigenvalue weighted by Crippen LogP contribution is 2.19. The molecule has 1 aliphatic heterocycles. The van der Waals surface area contributed by atoms with Crippen LogP contribution in [0.15, 0.2) is 24.3 Å². The molecule has 0 bridgehead atoms. The molecule has 0 unspecified atom stereocenters. The second-order valence-corrected chi connectivity index (χ2v) is 4.82. The van der Waals surface area contributed by atoms with Crippen molar-refractivity contribution in [2.45, 2.75) is 19.9 Å². The van der Waals surface area contributed by atoms with Crippen molar-refractivity contribution in [2.24, 2.45) is 0 Å². The van der Waals surface area contributed by atoms with Crippen molar-refractivity contribution in [1.82, 2.24) is 9.80 Å². The van der Waals surface area contributed by atoms with Crippen LogP contribution in [-0.2, 0) is 11.3 Å². The molecule has 0 radical (unpaired) electrons. The summed E-state index contributed by atoms with van der Waals surface area (Å²) in [7, 11) is 1.71. The molecule has 0 atom stereocenters. The summed E-state index contributed by atoms with van der Waals surface area (Å²) in [5, 5.41) is 0. The first-order valence-corrected chi connectivity index (χ1v) is 6.86. The van der Waals surface area contributed by atoms with Crippen molar-refractivity contribution in [3.8, 4) is 5.75 Å². The normalized spacial score (nSPS) is 16.4. The predicted octanol–water partition coefficient (Wildman–Crippen LogP) is 1.75. The molecular formula is C15H22N2O2. The van der Waals surface area contributed by atoms with Crippen LogP contribution in [0.4, 0.5) is 0 Å². The van der Waals surface area contributed by atoms with Crippen molar-refractivity contribution in [3.05, 3.63) is 29.8 Å². The van der Waals surface area contributed by atoms with Crippen LogP contribution < -0.4 is 4.74 Å². The highest BCUT2D eigenvalue weighted by atomic mass is 16.5. The highest BCUT2D eigenvalue weighted by molar-refractivity contribution is 5.75. The van der Waals surface area contributed by atoms with Gasteiger partial charge in [0, 0.05) is 44.7 Å². The van der Waals surface area contributed by atoms with E-state index in [-0.39, 0.29) is 5.91 Å². The van der Waals surface area contributed by atoms with E-state index < -0.39 is 0 Å². The second-order valence-electron chi connectivity index (χ2n) is 4.82. The quantitative estimate of drug-likeness (QED) is 0.828. The third-order valence-electron chi connectivity index (χ3n) is 3.61. The Hall–Kier alpha value is -1.55. The van der Waals surface area contributed by atoms with Gasteiger partial charge in [0.1, 0.15) is 5.75 Å². The zero-order chi connectivity index (χ0) is 13.7. The Balaban J connectivity index is 1.90. The van der Waals surface area contributed by atoms with Crippen LogP contribution in [0.5, 0.6) is 5.75 Å². The molecule has 1 amide bonds. The molecule has 4 nitrogen and oxygen atoms in total. The molecule has 1 fully saturated rings. The van der Waals surface area contributed by atoms with Gasteiger partial charge in [0.2, 0.25) is 5.91 Å². The van der Waals surface area contributed by atoms with Gasteiger partial charge in [-0.2, -0.15) is 0 Å². The summed E-state index contributed by atoms with van der Waals surface area (Å²) in [6.45, 7) is 6.35. The van der Waals surface area contributed by atoms with Crippen molar-refractivity contribution in [3.63, 3.8) is 0 Å². The lowest BCUT2D eigenvalue weighted by molar-refractivity contribution is -0.132. The fourth-order valence-corrected chi connectivity index (χ4v) is 2.45. The Morgan fingerprint density at radius 2 is 1.89 bits per heavy atom. The maximum absolute atomic E-state index is 11.6. The van der Waals surface area contributed by atoms with E-state index in [1.54, 1.807) is 7.11 Å². The van der Waals surface area contributed by atoms with Gasteiger partial charge in [-0.1, -0.05) is 25.1 Å². The Morgan fingerprint density at radius 1 is 1.21 bits per heavy atom. The average molecular weight is 262 g/mol. The first-order valence-electron chi connectivity index (χ1n) is 6.86. The molecular weight excluding hydrogens is 240 g/mol. The molecule has 0 N–H and O–H groups in total. The minimum Gasteiger partial charge on any atom is -0.496 e. The first kappa shape index (κ1) is 13.9. The number of benzene rings is 1. The molecule has 1 aromatic carbocycles. The summed E-state index contributed by atoms with van der Waals surface area (Å²) in [5.74, 6) is 1.20. The van der Waals surface area contributed by atoms with E-state index in [1.165, 1.54) is 5.56 Å². The summed E-state index contributed by atoms with van der Waals surface area (Å²) >= 11 is 0. The minimum atomic E-state index is 0.261. The maximum atomic E-state index is 11.6. The molecule has 1 saturated heterocycles. The fourth-order valence-electron chi connectivity index (χ4n) is 2.45. The van der Waals surface area contributed by atoms with Gasteiger partial charge in [0.25, 0.3) is 0 Å². The Morgan fingerprint density at radius 3 is 2.53 bits per heavy atom. The largest absolute Gasteiger partial charge is 0.496 e. The van der Waals surface area contributed by atoms with E-state index in [0.29, 0.717) is 6.42 Å². The summed E-state index contributed by atoms with van der Waals surface area (Å²) in [6.07, 6.45) is 0.604. The number of nitrogens with zero attached hydrogens (tertiary/aromatic N) is 2. The molecule has 0 saturated carbocycles. The number of carbonyl (C=O) groups is 1. The summed E-state index contributed by atoms with van der Waals surface area (Å²) < 4.78 is 5.37. The standard InChI is InChI=1S/C15H22N2O2/c1-3-15(18)17-10-8-16(9-11-17)12-13-6-4-5-7-14(13)19-2/h4-7H,3,8-12H2,1-2H3. The van der Waals surface area contributed by atoms with Crippen LogP contribution in [0, 0.1) is 0 Å². The zero-order valence-corrected chi connectivity index (χ0v) is 11.8. The number of carbonyl (C=O) groups excluding carboxylic acids is 1. The number of rotatable bonds is 4. The molecule has 0 spiro atoms. The third-order valence-corrected chi connectivity index (χ3v) is 3.61. The van der Waals surface area contributed by atoms with E-state index in [1.807, 2.05) is 30.0 Å². The minimum absolute atomic E-state index is 0.261. The SMILES string of the molecule is CCC(=O)N1CCN(Cc2ccccc2OC)CC1. The van der Waals surface area contributed by atoms with Crippen LogP contribution in [0.25, 0.3) is 0 Å². The number of hydrogen-bond donors (Lipinski definition) is 0. The molecule has 1 aliphatic rings. The number of methoxy groups -OCH3 is 1. The van der Waals surface area contributed by atoms with E-state index >= 15 is 0 Å². The van der Waals surface area contributed by atoms with Gasteiger partial charge in [-0.05, 0) is 6.07 Å². The van der Waals surface area contributed by atoms with Gasteiger partial charge in [0.05, 0.1) is 7.11 Å². The van der Waals surface area contributed by atoms with Gasteiger partial charge in [-0.15, -0.1) is 0 Å². The molecule has 2 rings (SSSR count). The molecule has 0 aromatic heterocycles. The molecule has 1 heterocycles. The summed E-state index contributed by atoms with van der Waals surface area (Å²) in [5.41, 5.74) is 1.21. The topological polar surface area (TPSA) is 32.8 Å². The maximum Gasteiger partial charge on any atom is 0.222 e. The average Bonchev–Trinajstić information content (AvgIpc) is 2.48. The van der Waals surface area contributed by atoms with Gasteiger partial charge in [-0.3, -0.25) is 9.69 Å². The highest BCUT2D eigenvalue weighted by Gasteiger charge is 2.20. The van der Waals surface area contributed by atoms with Gasteiger partial charge in [0.15, 0.2) is 0 Å². The van der Waals surface area contributed by atoms with Crippen LogP contribution in [0.2, 0.25) is 0 Å². The Labute approximate surface area is 115 Å². The zero-order valence-electron chi connectivity index (χ0n) is 11.8. The van der Waals surface area contributed by atoms with Gasteiger partial charge < -0.3 is 9.64 Å². The first-order chi connectivity index (χ1) is 9.24. The molecule has 1 aromatic rings. The van der Waals surface area contributed by atoms with Crippen molar-refractivity contribution in [1.29, 1.82) is 0 Å². The number of piperazine rings is 1. The van der Waals surface area contributed by atoms with Crippen molar-refractivity contribution in [2.75, 3.05) is 33.3 Å². The summed E-state index contributed by atoms with van der Waals surface area (Å²) in [4.78, 5) is 15.9. The third kappa shape index (κ3) is 3.47. The van der Waals surface area contributed by atoms with E-state index in [0.717, 1.165) is 38.5 Å². The Bertz CT molecular complexity index is 426. The summed E-state index contributed by atoms with van der Waals surface area (Å²) in [6, 6.07) is 8.11. The lowest BCUT2D eigenvalue weighted by Crippen LogP contribution is -2.48. The van der Waals surface area contributed by atoms with Crippen molar-refractivity contribution < 1.29 is 9.53 Å². The van der Waals surface area contributed by atoms with Crippen LogP contribution in [-0.4, -0.2) is 49.0 Å². The van der Waals surface area contributed by atoms with E-state index in [2.05, 4.69) is 11.0 Å². The van der Waals surface area contributed by atoms with Gasteiger partial charge in [-0.25, -0.2) is 0 Å². The van der Waals surface area contributed by atoms with Crippen LogP contribution in [0.1, 0.15) is 18.9 Å². The monoisotopic (exact) mass is 262 g/mol. The predicted molar refractivity (Wildman–Crippen MR) is 75.1 cm³/mol. The smallest absolute Gasteiger partial charge is 0.222 e. The van der Waals surface area contributed by atoms with Crippen LogP contribution in [0.3, 0.4) is 0 Å².